The average molecular weight is 502 g/mol. The Kier molecular flexibility index (Phi) is 5.18. The highest BCUT2D eigenvalue weighted by molar-refractivity contribution is 7.99. The molecule has 0 saturated heterocycles. The van der Waals surface area contributed by atoms with Crippen molar-refractivity contribution in [2.45, 2.75) is 6.92 Å². The van der Waals surface area contributed by atoms with Gasteiger partial charge in [0.2, 0.25) is 9.84 Å². The molecule has 5 nitrogen and oxygen atoms in total. The van der Waals surface area contributed by atoms with Gasteiger partial charge in [-0.15, -0.1) is 0 Å². The minimum Gasteiger partial charge on any atom is -0.299 e. The molecule has 0 N–H and O–H groups in total. The van der Waals surface area contributed by atoms with Gasteiger partial charge in [-0.2, -0.15) is 0 Å². The van der Waals surface area contributed by atoms with E-state index in [1.165, 1.54) is 12.2 Å². The van der Waals surface area contributed by atoms with Crippen molar-refractivity contribution in [1.29, 1.82) is 0 Å². The second-order valence-electron chi connectivity index (χ2n) is 8.83. The topological polar surface area (TPSA) is 71.5 Å². The molecule has 1 heterocycles. The molecule has 3 aromatic carbocycles. The maximum Gasteiger partial charge on any atom is 0.222 e. The van der Waals surface area contributed by atoms with E-state index in [1.807, 2.05) is 42.5 Å². The van der Waals surface area contributed by atoms with E-state index in [0.717, 1.165) is 10.8 Å². The van der Waals surface area contributed by atoms with E-state index in [-0.39, 0.29) is 26.6 Å². The predicted molar refractivity (Wildman–Crippen MR) is 144 cm³/mol. The molecule has 3 aromatic rings. The van der Waals surface area contributed by atoms with Gasteiger partial charge in [-0.05, 0) is 48.3 Å². The van der Waals surface area contributed by atoms with Crippen LogP contribution < -0.4 is 4.90 Å². The van der Waals surface area contributed by atoms with Crippen molar-refractivity contribution in [2.24, 2.45) is 0 Å². The summed E-state index contributed by atoms with van der Waals surface area (Å²) >= 11 is 0. The van der Waals surface area contributed by atoms with Crippen molar-refractivity contribution >= 4 is 37.9 Å². The summed E-state index contributed by atoms with van der Waals surface area (Å²) in [6.45, 7) is 1.71. The second-order valence-corrected chi connectivity index (χ2v) is 10.7. The Labute approximate surface area is 214 Å². The lowest BCUT2D eigenvalue weighted by Crippen LogP contribution is -2.26. The second kappa shape index (κ2) is 8.44. The minimum absolute atomic E-state index is 0.0608. The standard InChI is InChI=1S/C31H19NO4S/c1-20-18-23(19-27-29(33)25-15-7-8-16-26(25)30(27)34)37(35,36)31(20)32(22-12-3-2-4-13-22)28-17-9-11-21-10-5-6-14-24(21)28/h3,5-19H,1H3. The molecule has 0 unspecified atom stereocenters. The first-order valence-electron chi connectivity index (χ1n) is 11.6. The number of carbonyl (C=O) groups excluding carboxylic acids is 2. The van der Waals surface area contributed by atoms with Gasteiger partial charge in [0.1, 0.15) is 5.03 Å². The molecular weight excluding hydrogens is 482 g/mol. The molecule has 0 radical (unpaired) electrons. The highest BCUT2D eigenvalue weighted by atomic mass is 32.2. The third-order valence-electron chi connectivity index (χ3n) is 6.56. The van der Waals surface area contributed by atoms with Crippen LogP contribution in [0.15, 0.2) is 135 Å². The molecule has 6 rings (SSSR count). The van der Waals surface area contributed by atoms with Gasteiger partial charge in [0.05, 0.1) is 21.9 Å². The van der Waals surface area contributed by atoms with Crippen LogP contribution in [0.5, 0.6) is 0 Å². The van der Waals surface area contributed by atoms with Gasteiger partial charge < -0.3 is 0 Å². The van der Waals surface area contributed by atoms with Gasteiger partial charge in [0.25, 0.3) is 0 Å². The monoisotopic (exact) mass is 501 g/mol. The average Bonchev–Trinajstić information content (AvgIpc) is 3.29. The van der Waals surface area contributed by atoms with E-state index in [1.54, 1.807) is 54.3 Å². The predicted octanol–water partition coefficient (Wildman–Crippen LogP) is 5.96. The fraction of sp³-hybridized carbons (Fsp3) is 0.0323. The third kappa shape index (κ3) is 3.52. The number of rotatable bonds is 4. The molecule has 0 saturated carbocycles. The Balaban J connectivity index is 1.49. The van der Waals surface area contributed by atoms with Crippen LogP contribution in [0.1, 0.15) is 27.6 Å². The van der Waals surface area contributed by atoms with E-state index >= 15 is 0 Å². The first-order chi connectivity index (χ1) is 17.9. The third-order valence-corrected chi connectivity index (χ3v) is 8.43. The van der Waals surface area contributed by atoms with Crippen LogP contribution in [0.4, 0.5) is 5.69 Å². The lowest BCUT2D eigenvalue weighted by atomic mass is 10.1. The van der Waals surface area contributed by atoms with Crippen molar-refractivity contribution < 1.29 is 18.0 Å². The van der Waals surface area contributed by atoms with Gasteiger partial charge in [-0.3, -0.25) is 14.5 Å². The fourth-order valence-electron chi connectivity index (χ4n) is 4.88. The molecule has 0 aromatic heterocycles. The highest BCUT2D eigenvalue weighted by Gasteiger charge is 2.39. The van der Waals surface area contributed by atoms with Gasteiger partial charge in [-0.25, -0.2) is 8.42 Å². The fourth-order valence-corrected chi connectivity index (χ4v) is 6.64. The molecule has 37 heavy (non-hydrogen) atoms. The quantitative estimate of drug-likeness (QED) is 0.251. The lowest BCUT2D eigenvalue weighted by Gasteiger charge is -2.28. The van der Waals surface area contributed by atoms with E-state index in [0.29, 0.717) is 17.0 Å². The zero-order valence-corrected chi connectivity index (χ0v) is 20.5. The zero-order valence-electron chi connectivity index (χ0n) is 19.7. The van der Waals surface area contributed by atoms with E-state index in [4.69, 9.17) is 0 Å². The summed E-state index contributed by atoms with van der Waals surface area (Å²) in [6, 6.07) is 20.0. The summed E-state index contributed by atoms with van der Waals surface area (Å²) in [5.74, 6) is -0.941. The minimum atomic E-state index is -4.10. The molecule has 0 spiro atoms. The molecule has 178 valence electrons. The molecule has 6 heteroatoms. The van der Waals surface area contributed by atoms with Crippen LogP contribution >= 0.6 is 0 Å². The normalized spacial score (nSPS) is 17.4. The number of hydrogen-bond acceptors (Lipinski definition) is 5. The Bertz CT molecular complexity index is 1860. The number of anilines is 1. The Morgan fingerprint density at radius 1 is 0.838 bits per heavy atom. The lowest BCUT2D eigenvalue weighted by molar-refractivity contribution is 0.0988. The molecule has 0 amide bonds. The molecule has 2 aliphatic carbocycles. The zero-order chi connectivity index (χ0) is 25.7. The number of allylic oxidation sites excluding steroid dienone is 7. The van der Waals surface area contributed by atoms with Crippen molar-refractivity contribution in [3.63, 3.8) is 0 Å². The van der Waals surface area contributed by atoms with Crippen molar-refractivity contribution in [3.8, 4) is 0 Å². The van der Waals surface area contributed by atoms with Crippen LogP contribution in [0, 0.1) is 0 Å². The Morgan fingerprint density at radius 3 is 2.22 bits per heavy atom. The summed E-state index contributed by atoms with van der Waals surface area (Å²) in [5, 5.41) is 1.89. The Morgan fingerprint density at radius 2 is 1.51 bits per heavy atom. The van der Waals surface area contributed by atoms with Gasteiger partial charge in [0, 0.05) is 22.6 Å². The van der Waals surface area contributed by atoms with Crippen LogP contribution in [-0.4, -0.2) is 20.0 Å². The van der Waals surface area contributed by atoms with Crippen LogP contribution in [0.2, 0.25) is 0 Å². The van der Waals surface area contributed by atoms with Gasteiger partial charge in [-0.1, -0.05) is 72.1 Å². The summed E-state index contributed by atoms with van der Waals surface area (Å²) in [5.41, 5.74) is 7.96. The number of hydrogen-bond donors (Lipinski definition) is 0. The summed E-state index contributed by atoms with van der Waals surface area (Å²) in [4.78, 5) is 27.5. The number of nitrogens with zero attached hydrogens (tertiary/aromatic N) is 1. The first kappa shape index (κ1) is 22.7. The SMILES string of the molecule is CC1=C(N(C2=CC=C=C=C2)c2cccc3ccccc23)S(=O)(=O)C(C=C2C(=O)c3ccccc3C2=O)=C1. The van der Waals surface area contributed by atoms with Crippen molar-refractivity contribution in [1.82, 2.24) is 0 Å². The maximum atomic E-state index is 14.0. The number of fused-ring (bicyclic) bond motifs is 2. The van der Waals surface area contributed by atoms with Crippen LogP contribution in [0.3, 0.4) is 0 Å². The van der Waals surface area contributed by atoms with Crippen LogP contribution in [0.25, 0.3) is 10.8 Å². The molecule has 1 aliphatic heterocycles. The number of ketones is 2. The largest absolute Gasteiger partial charge is 0.299 e. The smallest absolute Gasteiger partial charge is 0.222 e. The number of carbonyl (C=O) groups is 2. The van der Waals surface area contributed by atoms with E-state index in [9.17, 15) is 18.0 Å². The van der Waals surface area contributed by atoms with Crippen molar-refractivity contribution in [3.05, 3.63) is 146 Å². The molecule has 0 fully saturated rings. The molecule has 0 bridgehead atoms. The number of Topliss-reactive ketones (excluding diaryl/α,β-unsaturated/α-hetero) is 2. The molecular formula is C31H19NO4S. The van der Waals surface area contributed by atoms with Gasteiger partial charge >= 0.3 is 0 Å². The van der Waals surface area contributed by atoms with Crippen molar-refractivity contribution in [2.75, 3.05) is 4.90 Å². The van der Waals surface area contributed by atoms with E-state index in [2.05, 4.69) is 11.5 Å². The number of sulfone groups is 1. The highest BCUT2D eigenvalue weighted by Crippen LogP contribution is 2.42. The van der Waals surface area contributed by atoms with E-state index < -0.39 is 21.4 Å². The first-order valence-corrected chi connectivity index (χ1v) is 13.1. The summed E-state index contributed by atoms with van der Waals surface area (Å²) in [6.07, 6.45) is 7.84. The summed E-state index contributed by atoms with van der Waals surface area (Å²) in [7, 11) is -4.10. The maximum absolute atomic E-state index is 14.0. The number of benzene rings is 3. The van der Waals surface area contributed by atoms with Gasteiger partial charge in [0.15, 0.2) is 11.6 Å². The summed E-state index contributed by atoms with van der Waals surface area (Å²) < 4.78 is 28.1. The molecule has 0 atom stereocenters. The Hall–Kier alpha value is -4.73. The van der Waals surface area contributed by atoms with Crippen LogP contribution in [-0.2, 0) is 9.84 Å². The molecule has 3 aliphatic rings.